The molecule has 0 aromatic carbocycles. The number of hydrogen-bond acceptors (Lipinski definition) is 4. The van der Waals surface area contributed by atoms with E-state index in [-0.39, 0.29) is 24.3 Å². The number of amides is 2. The Morgan fingerprint density at radius 1 is 1.38 bits per heavy atom. The molecule has 1 saturated heterocycles. The molecule has 2 fully saturated rings. The van der Waals surface area contributed by atoms with Crippen LogP contribution in [0.3, 0.4) is 0 Å². The minimum atomic E-state index is -0.803. The van der Waals surface area contributed by atoms with Gasteiger partial charge in [-0.1, -0.05) is 12.8 Å². The highest BCUT2D eigenvalue weighted by Gasteiger charge is 2.36. The lowest BCUT2D eigenvalue weighted by Crippen LogP contribution is -2.44. The summed E-state index contributed by atoms with van der Waals surface area (Å²) in [5.74, 6) is -0.177. The van der Waals surface area contributed by atoms with Crippen molar-refractivity contribution in [1.29, 1.82) is 0 Å². The van der Waals surface area contributed by atoms with Gasteiger partial charge in [0.1, 0.15) is 5.69 Å². The molecular weight excluding hydrogens is 308 g/mol. The summed E-state index contributed by atoms with van der Waals surface area (Å²) < 4.78 is 1.79. The van der Waals surface area contributed by atoms with Crippen LogP contribution in [0, 0.1) is 0 Å². The summed E-state index contributed by atoms with van der Waals surface area (Å²) >= 11 is 0. The van der Waals surface area contributed by atoms with Gasteiger partial charge in [-0.05, 0) is 31.7 Å². The Balaban J connectivity index is 1.62. The Morgan fingerprint density at radius 2 is 2.12 bits per heavy atom. The van der Waals surface area contributed by atoms with Gasteiger partial charge in [0, 0.05) is 26.3 Å². The van der Waals surface area contributed by atoms with Crippen LogP contribution in [0.25, 0.3) is 0 Å². The van der Waals surface area contributed by atoms with E-state index < -0.39 is 5.60 Å². The number of hydrogen-bond donors (Lipinski definition) is 2. The van der Waals surface area contributed by atoms with Crippen molar-refractivity contribution in [2.24, 2.45) is 0 Å². The number of rotatable bonds is 4. The van der Waals surface area contributed by atoms with Crippen molar-refractivity contribution in [3.05, 3.63) is 18.0 Å². The van der Waals surface area contributed by atoms with Crippen molar-refractivity contribution < 1.29 is 14.7 Å². The number of carbonyl (C=O) groups excluding carboxylic acids is 2. The predicted octanol–water partition coefficient (Wildman–Crippen LogP) is 1.10. The Kier molecular flexibility index (Phi) is 4.89. The maximum atomic E-state index is 12.6. The van der Waals surface area contributed by atoms with E-state index >= 15 is 0 Å². The Labute approximate surface area is 142 Å². The highest BCUT2D eigenvalue weighted by molar-refractivity contribution is 5.91. The average molecular weight is 334 g/mol. The van der Waals surface area contributed by atoms with E-state index in [0.29, 0.717) is 12.2 Å². The second-order valence-corrected chi connectivity index (χ2v) is 7.00. The molecule has 7 nitrogen and oxygen atoms in total. The predicted molar refractivity (Wildman–Crippen MR) is 88.5 cm³/mol. The summed E-state index contributed by atoms with van der Waals surface area (Å²) in [7, 11) is 1.58. The fraction of sp³-hybridized carbons (Fsp3) is 0.706. The van der Waals surface area contributed by atoms with Crippen molar-refractivity contribution in [2.75, 3.05) is 20.1 Å². The third-order valence-corrected chi connectivity index (χ3v) is 5.21. The van der Waals surface area contributed by atoms with Crippen LogP contribution in [-0.4, -0.2) is 57.3 Å². The number of aliphatic hydroxyl groups is 1. The quantitative estimate of drug-likeness (QED) is 0.863. The monoisotopic (exact) mass is 334 g/mol. The van der Waals surface area contributed by atoms with E-state index in [0.717, 1.165) is 45.1 Å². The molecule has 1 aliphatic heterocycles. The summed E-state index contributed by atoms with van der Waals surface area (Å²) in [5.41, 5.74) is -0.413. The van der Waals surface area contributed by atoms with Crippen LogP contribution >= 0.6 is 0 Å². The highest BCUT2D eigenvalue weighted by atomic mass is 16.3. The van der Waals surface area contributed by atoms with Crippen LogP contribution in [0.4, 0.5) is 0 Å². The van der Waals surface area contributed by atoms with Gasteiger partial charge in [-0.15, -0.1) is 0 Å². The number of nitrogens with one attached hydrogen (secondary N) is 1. The first-order valence-electron chi connectivity index (χ1n) is 8.78. The lowest BCUT2D eigenvalue weighted by Gasteiger charge is -2.34. The third kappa shape index (κ3) is 3.61. The number of likely N-dealkylation sites (tertiary alicyclic amines) is 1. The maximum absolute atomic E-state index is 12.6. The first-order chi connectivity index (χ1) is 11.5. The molecule has 2 aliphatic rings. The van der Waals surface area contributed by atoms with Gasteiger partial charge >= 0.3 is 0 Å². The van der Waals surface area contributed by atoms with E-state index in [4.69, 9.17) is 0 Å². The standard InChI is InChI=1S/C17H26N4O3/c1-18-16(23)14-6-10-21(19-14)13-5-4-9-20(12-13)15(22)11-17(24)7-2-3-8-17/h6,10,13,24H,2-5,7-9,11-12H2,1H3,(H,18,23). The van der Waals surface area contributed by atoms with E-state index in [1.807, 2.05) is 4.90 Å². The molecule has 132 valence electrons. The normalized spacial score (nSPS) is 23.2. The van der Waals surface area contributed by atoms with Gasteiger partial charge in [-0.25, -0.2) is 0 Å². The van der Waals surface area contributed by atoms with Gasteiger partial charge in [0.2, 0.25) is 5.91 Å². The van der Waals surface area contributed by atoms with Gasteiger partial charge in [-0.2, -0.15) is 5.10 Å². The van der Waals surface area contributed by atoms with Crippen molar-refractivity contribution in [2.45, 2.75) is 56.6 Å². The fourth-order valence-corrected chi connectivity index (χ4v) is 3.79. The minimum absolute atomic E-state index is 0.0304. The van der Waals surface area contributed by atoms with E-state index in [1.165, 1.54) is 0 Å². The molecule has 1 atom stereocenters. The smallest absolute Gasteiger partial charge is 0.271 e. The van der Waals surface area contributed by atoms with Crippen molar-refractivity contribution >= 4 is 11.8 Å². The second kappa shape index (κ2) is 6.93. The van der Waals surface area contributed by atoms with Crippen LogP contribution in [-0.2, 0) is 4.79 Å². The summed E-state index contributed by atoms with van der Waals surface area (Å²) in [5, 5.41) is 17.4. The summed E-state index contributed by atoms with van der Waals surface area (Å²) in [4.78, 5) is 26.0. The Morgan fingerprint density at radius 3 is 2.83 bits per heavy atom. The fourth-order valence-electron chi connectivity index (χ4n) is 3.79. The summed E-state index contributed by atoms with van der Waals surface area (Å²) in [6, 6.07) is 1.78. The van der Waals surface area contributed by atoms with E-state index in [1.54, 1.807) is 24.0 Å². The minimum Gasteiger partial charge on any atom is -0.389 e. The lowest BCUT2D eigenvalue weighted by molar-refractivity contribution is -0.138. The maximum Gasteiger partial charge on any atom is 0.271 e. The van der Waals surface area contributed by atoms with E-state index in [9.17, 15) is 14.7 Å². The number of nitrogens with zero attached hydrogens (tertiary/aromatic N) is 3. The molecule has 0 radical (unpaired) electrons. The molecule has 0 spiro atoms. The SMILES string of the molecule is CNC(=O)c1ccn(C2CCCN(C(=O)CC3(O)CCCC3)C2)n1. The summed E-state index contributed by atoms with van der Waals surface area (Å²) in [6.07, 6.45) is 7.32. The molecule has 1 aliphatic carbocycles. The van der Waals surface area contributed by atoms with Gasteiger partial charge in [0.15, 0.2) is 0 Å². The van der Waals surface area contributed by atoms with Crippen LogP contribution in [0.2, 0.25) is 0 Å². The average Bonchev–Trinajstić information content (AvgIpc) is 3.23. The molecule has 1 saturated carbocycles. The highest BCUT2D eigenvalue weighted by Crippen LogP contribution is 2.33. The second-order valence-electron chi connectivity index (χ2n) is 7.00. The Hall–Kier alpha value is -1.89. The van der Waals surface area contributed by atoms with Crippen LogP contribution in [0.5, 0.6) is 0 Å². The van der Waals surface area contributed by atoms with Crippen molar-refractivity contribution in [3.63, 3.8) is 0 Å². The largest absolute Gasteiger partial charge is 0.389 e. The molecule has 2 heterocycles. The van der Waals surface area contributed by atoms with Gasteiger partial charge in [0.05, 0.1) is 18.1 Å². The Bertz CT molecular complexity index is 607. The molecule has 24 heavy (non-hydrogen) atoms. The number of piperidine rings is 1. The van der Waals surface area contributed by atoms with Crippen LogP contribution in [0.1, 0.15) is 61.5 Å². The third-order valence-electron chi connectivity index (χ3n) is 5.21. The molecule has 7 heteroatoms. The van der Waals surface area contributed by atoms with E-state index in [2.05, 4.69) is 10.4 Å². The molecule has 3 rings (SSSR count). The number of aromatic nitrogens is 2. The molecule has 1 unspecified atom stereocenters. The molecule has 2 N–H and O–H groups in total. The zero-order valence-corrected chi connectivity index (χ0v) is 14.2. The first-order valence-corrected chi connectivity index (χ1v) is 8.78. The molecule has 2 amide bonds. The van der Waals surface area contributed by atoms with Crippen molar-refractivity contribution in [3.8, 4) is 0 Å². The zero-order valence-electron chi connectivity index (χ0n) is 14.2. The molecular formula is C17H26N4O3. The van der Waals surface area contributed by atoms with Gasteiger partial charge < -0.3 is 15.3 Å². The topological polar surface area (TPSA) is 87.5 Å². The van der Waals surface area contributed by atoms with Crippen LogP contribution < -0.4 is 5.32 Å². The first kappa shape index (κ1) is 17.0. The molecule has 1 aromatic heterocycles. The number of carbonyl (C=O) groups is 2. The molecule has 0 bridgehead atoms. The summed E-state index contributed by atoms with van der Waals surface area (Å²) in [6.45, 7) is 1.32. The van der Waals surface area contributed by atoms with Gasteiger partial charge in [0.25, 0.3) is 5.91 Å². The lowest BCUT2D eigenvalue weighted by atomic mass is 9.96. The van der Waals surface area contributed by atoms with Crippen LogP contribution in [0.15, 0.2) is 12.3 Å². The van der Waals surface area contributed by atoms with Gasteiger partial charge in [-0.3, -0.25) is 14.3 Å². The van der Waals surface area contributed by atoms with Crippen molar-refractivity contribution in [1.82, 2.24) is 20.0 Å². The zero-order chi connectivity index (χ0) is 17.2. The molecule has 1 aromatic rings.